The summed E-state index contributed by atoms with van der Waals surface area (Å²) in [5, 5.41) is 0. The summed E-state index contributed by atoms with van der Waals surface area (Å²) in [6.07, 6.45) is 5.76. The minimum Gasteiger partial charge on any atom is -0.368 e. The zero-order chi connectivity index (χ0) is 6.69. The Kier molecular flexibility index (Phi) is 1.88. The Hall–Kier alpha value is -0.790. The molecule has 1 aliphatic heterocycles. The molecule has 0 atom stereocenters. The van der Waals surface area contributed by atoms with Gasteiger partial charge in [-0.3, -0.25) is 4.99 Å². The van der Waals surface area contributed by atoms with Crippen LogP contribution in [0.15, 0.2) is 17.4 Å². The fourth-order valence-corrected chi connectivity index (χ4v) is 0.770. The van der Waals surface area contributed by atoms with E-state index >= 15 is 0 Å². The Balaban J connectivity index is 2.46. The van der Waals surface area contributed by atoms with Gasteiger partial charge in [0.1, 0.15) is 0 Å². The molecule has 0 unspecified atom stereocenters. The average Bonchev–Trinajstić information content (AvgIpc) is 1.90. The maximum Gasteiger partial charge on any atom is 0.0530 e. The average molecular weight is 124 g/mol. The molecular formula is C7H12N2. The third-order valence-electron chi connectivity index (χ3n) is 1.41. The molecule has 0 aliphatic carbocycles. The molecule has 0 saturated heterocycles. The summed E-state index contributed by atoms with van der Waals surface area (Å²) >= 11 is 0. The van der Waals surface area contributed by atoms with E-state index in [0.29, 0.717) is 6.04 Å². The second-order valence-corrected chi connectivity index (χ2v) is 2.42. The summed E-state index contributed by atoms with van der Waals surface area (Å²) in [6.45, 7) is 5.29. The Morgan fingerprint density at radius 2 is 2.33 bits per heavy atom. The Morgan fingerprint density at radius 1 is 1.56 bits per heavy atom. The highest BCUT2D eigenvalue weighted by molar-refractivity contribution is 5.61. The first-order valence-corrected chi connectivity index (χ1v) is 3.25. The summed E-state index contributed by atoms with van der Waals surface area (Å²) in [6, 6.07) is 0.591. The van der Waals surface area contributed by atoms with E-state index < -0.39 is 0 Å². The fourth-order valence-electron chi connectivity index (χ4n) is 0.770. The highest BCUT2D eigenvalue weighted by Gasteiger charge is 2.02. The monoisotopic (exact) mass is 124 g/mol. The standard InChI is InChI=1S/C7H12N2/c1-7(2)9-5-3-8-4-6-9/h3-5,7H,6H2,1-2H3. The molecule has 9 heavy (non-hydrogen) atoms. The normalized spacial score (nSPS) is 17.4. The maximum atomic E-state index is 3.96. The minimum atomic E-state index is 0.591. The smallest absolute Gasteiger partial charge is 0.0530 e. The molecule has 0 spiro atoms. The largest absolute Gasteiger partial charge is 0.368 e. The van der Waals surface area contributed by atoms with Crippen molar-refractivity contribution in [3.8, 4) is 0 Å². The van der Waals surface area contributed by atoms with Gasteiger partial charge >= 0.3 is 0 Å². The molecular weight excluding hydrogens is 112 g/mol. The second kappa shape index (κ2) is 2.67. The van der Waals surface area contributed by atoms with E-state index in [1.807, 2.05) is 18.6 Å². The summed E-state index contributed by atoms with van der Waals surface area (Å²) in [5.41, 5.74) is 0. The summed E-state index contributed by atoms with van der Waals surface area (Å²) < 4.78 is 0. The van der Waals surface area contributed by atoms with E-state index in [2.05, 4.69) is 23.7 Å². The molecule has 1 aliphatic rings. The van der Waals surface area contributed by atoms with Crippen LogP contribution in [0.2, 0.25) is 0 Å². The predicted molar refractivity (Wildman–Crippen MR) is 39.5 cm³/mol. The molecule has 1 rings (SSSR count). The topological polar surface area (TPSA) is 15.6 Å². The third kappa shape index (κ3) is 1.56. The van der Waals surface area contributed by atoms with Gasteiger partial charge in [0.25, 0.3) is 0 Å². The molecule has 0 aromatic heterocycles. The number of aliphatic imine (C=N–C) groups is 1. The Labute approximate surface area is 55.9 Å². The van der Waals surface area contributed by atoms with E-state index in [0.717, 1.165) is 6.54 Å². The SMILES string of the molecule is CC(C)N1C=CN=CC1. The minimum absolute atomic E-state index is 0.591. The number of rotatable bonds is 1. The van der Waals surface area contributed by atoms with Crippen molar-refractivity contribution in [1.29, 1.82) is 0 Å². The van der Waals surface area contributed by atoms with Gasteiger partial charge in [0.05, 0.1) is 6.54 Å². The van der Waals surface area contributed by atoms with Gasteiger partial charge in [-0.25, -0.2) is 0 Å². The van der Waals surface area contributed by atoms with Crippen molar-refractivity contribution in [2.24, 2.45) is 4.99 Å². The van der Waals surface area contributed by atoms with Gasteiger partial charge in [0.2, 0.25) is 0 Å². The van der Waals surface area contributed by atoms with Crippen molar-refractivity contribution >= 4 is 6.21 Å². The molecule has 1 heterocycles. The lowest BCUT2D eigenvalue weighted by Crippen LogP contribution is -2.28. The van der Waals surface area contributed by atoms with Crippen LogP contribution in [-0.4, -0.2) is 23.7 Å². The van der Waals surface area contributed by atoms with Crippen LogP contribution < -0.4 is 0 Å². The van der Waals surface area contributed by atoms with Gasteiger partial charge in [0.15, 0.2) is 0 Å². The quantitative estimate of drug-likeness (QED) is 0.513. The first-order valence-electron chi connectivity index (χ1n) is 3.25. The molecule has 0 aromatic rings. The van der Waals surface area contributed by atoms with Gasteiger partial charge < -0.3 is 4.90 Å². The molecule has 0 bridgehead atoms. The molecule has 0 N–H and O–H groups in total. The third-order valence-corrected chi connectivity index (χ3v) is 1.41. The Bertz CT molecular complexity index is 136. The van der Waals surface area contributed by atoms with Gasteiger partial charge in [-0.15, -0.1) is 0 Å². The predicted octanol–water partition coefficient (Wildman–Crippen LogP) is 1.25. The van der Waals surface area contributed by atoms with Crippen LogP contribution in [0.5, 0.6) is 0 Å². The highest BCUT2D eigenvalue weighted by Crippen LogP contribution is 2.00. The van der Waals surface area contributed by atoms with Crippen molar-refractivity contribution < 1.29 is 0 Å². The lowest BCUT2D eigenvalue weighted by atomic mass is 10.3. The molecule has 0 radical (unpaired) electrons. The number of hydrogen-bond donors (Lipinski definition) is 0. The fraction of sp³-hybridized carbons (Fsp3) is 0.571. The first-order chi connectivity index (χ1) is 4.30. The van der Waals surface area contributed by atoms with Crippen LogP contribution in [0.25, 0.3) is 0 Å². The number of hydrogen-bond acceptors (Lipinski definition) is 2. The Morgan fingerprint density at radius 3 is 2.67 bits per heavy atom. The highest BCUT2D eigenvalue weighted by atomic mass is 15.1. The van der Waals surface area contributed by atoms with E-state index in [-0.39, 0.29) is 0 Å². The zero-order valence-electron chi connectivity index (χ0n) is 5.91. The van der Waals surface area contributed by atoms with Crippen LogP contribution >= 0.6 is 0 Å². The van der Waals surface area contributed by atoms with Gasteiger partial charge in [-0.1, -0.05) is 0 Å². The summed E-state index contributed by atoms with van der Waals surface area (Å²) in [5.74, 6) is 0. The second-order valence-electron chi connectivity index (χ2n) is 2.42. The molecule has 2 heteroatoms. The molecule has 50 valence electrons. The molecule has 0 saturated carbocycles. The van der Waals surface area contributed by atoms with E-state index in [4.69, 9.17) is 0 Å². The van der Waals surface area contributed by atoms with Crippen molar-refractivity contribution in [2.45, 2.75) is 19.9 Å². The van der Waals surface area contributed by atoms with Crippen molar-refractivity contribution in [3.63, 3.8) is 0 Å². The van der Waals surface area contributed by atoms with E-state index in [1.165, 1.54) is 0 Å². The van der Waals surface area contributed by atoms with Gasteiger partial charge in [0, 0.05) is 24.7 Å². The van der Waals surface area contributed by atoms with Crippen LogP contribution in [0.4, 0.5) is 0 Å². The van der Waals surface area contributed by atoms with Gasteiger partial charge in [-0.2, -0.15) is 0 Å². The summed E-state index contributed by atoms with van der Waals surface area (Å²) in [7, 11) is 0. The van der Waals surface area contributed by atoms with Crippen LogP contribution in [0.1, 0.15) is 13.8 Å². The lowest BCUT2D eigenvalue weighted by molar-refractivity contribution is 0.350. The van der Waals surface area contributed by atoms with E-state index in [9.17, 15) is 0 Å². The summed E-state index contributed by atoms with van der Waals surface area (Å²) in [4.78, 5) is 6.19. The first kappa shape index (κ1) is 6.33. The molecule has 0 fully saturated rings. The van der Waals surface area contributed by atoms with Crippen molar-refractivity contribution in [2.75, 3.05) is 6.54 Å². The maximum absolute atomic E-state index is 3.96. The van der Waals surface area contributed by atoms with Gasteiger partial charge in [-0.05, 0) is 13.8 Å². The van der Waals surface area contributed by atoms with Crippen LogP contribution in [0, 0.1) is 0 Å². The number of nitrogens with zero attached hydrogens (tertiary/aromatic N) is 2. The molecule has 0 aromatic carbocycles. The lowest BCUT2D eigenvalue weighted by Gasteiger charge is -2.23. The van der Waals surface area contributed by atoms with Crippen LogP contribution in [0.3, 0.4) is 0 Å². The molecule has 0 amide bonds. The zero-order valence-corrected chi connectivity index (χ0v) is 5.91. The van der Waals surface area contributed by atoms with Crippen LogP contribution in [-0.2, 0) is 0 Å². The van der Waals surface area contributed by atoms with E-state index in [1.54, 1.807) is 0 Å². The van der Waals surface area contributed by atoms with Crippen molar-refractivity contribution in [3.05, 3.63) is 12.4 Å². The van der Waals surface area contributed by atoms with Crippen molar-refractivity contribution in [1.82, 2.24) is 4.90 Å². The molecule has 2 nitrogen and oxygen atoms in total.